The van der Waals surface area contributed by atoms with Crippen molar-refractivity contribution in [3.63, 3.8) is 0 Å². The maximum Gasteiger partial charge on any atom is 0.341 e. The number of rotatable bonds is 6. The van der Waals surface area contributed by atoms with Crippen LogP contribution in [0.15, 0.2) is 51.0 Å². The van der Waals surface area contributed by atoms with Gasteiger partial charge in [0, 0.05) is 13.6 Å². The molecule has 0 spiro atoms. The van der Waals surface area contributed by atoms with Crippen LogP contribution in [0.3, 0.4) is 0 Å². The van der Waals surface area contributed by atoms with E-state index in [2.05, 4.69) is 59.8 Å². The molecule has 0 bridgehead atoms. The van der Waals surface area contributed by atoms with Gasteiger partial charge in [0.05, 0.1) is 11.0 Å². The Bertz CT molecular complexity index is 1020. The summed E-state index contributed by atoms with van der Waals surface area (Å²) in [6.07, 6.45) is 1.48. The Kier molecular flexibility index (Phi) is 6.96. The number of benzene rings is 2. The van der Waals surface area contributed by atoms with E-state index in [1.54, 1.807) is 12.1 Å². The molecule has 0 aliphatic carbocycles. The van der Waals surface area contributed by atoms with Gasteiger partial charge in [-0.25, -0.2) is 9.59 Å². The Balaban J connectivity index is 1.89. The molecule has 7 nitrogen and oxygen atoms in total. The van der Waals surface area contributed by atoms with Crippen LogP contribution in [0.25, 0.3) is 6.08 Å². The van der Waals surface area contributed by atoms with E-state index < -0.39 is 24.5 Å². The Hall–Kier alpha value is -1.92. The molecule has 29 heavy (non-hydrogen) atoms. The van der Waals surface area contributed by atoms with Crippen LogP contribution < -0.4 is 10.1 Å². The minimum Gasteiger partial charge on any atom is -0.480 e. The van der Waals surface area contributed by atoms with Crippen LogP contribution in [-0.4, -0.2) is 34.5 Å². The first-order valence-electron chi connectivity index (χ1n) is 8.17. The summed E-state index contributed by atoms with van der Waals surface area (Å²) in [5.41, 5.74) is 1.36. The number of urea groups is 1. The lowest BCUT2D eigenvalue weighted by Gasteiger charge is -2.12. The molecule has 0 saturated carbocycles. The fourth-order valence-electron chi connectivity index (χ4n) is 2.62. The van der Waals surface area contributed by atoms with E-state index in [-0.39, 0.29) is 18.0 Å². The molecule has 3 amide bonds. The van der Waals surface area contributed by atoms with E-state index in [0.717, 1.165) is 18.5 Å². The molecule has 0 atom stereocenters. The van der Waals surface area contributed by atoms with Crippen molar-refractivity contribution in [3.05, 3.63) is 65.7 Å². The van der Waals surface area contributed by atoms with Crippen LogP contribution in [0.2, 0.25) is 0 Å². The number of hydrogen-bond acceptors (Lipinski definition) is 4. The second-order valence-corrected chi connectivity index (χ2v) is 9.01. The van der Waals surface area contributed by atoms with Crippen LogP contribution in [-0.2, 0) is 16.1 Å². The van der Waals surface area contributed by atoms with Gasteiger partial charge in [-0.05, 0) is 74.4 Å². The molecule has 3 rings (SSSR count). The van der Waals surface area contributed by atoms with Crippen molar-refractivity contribution in [1.82, 2.24) is 10.2 Å². The second-order valence-electron chi connectivity index (χ2n) is 5.99. The quantitative estimate of drug-likeness (QED) is 0.279. The highest BCUT2D eigenvalue weighted by Crippen LogP contribution is 2.33. The predicted octanol–water partition coefficient (Wildman–Crippen LogP) is 4.37. The Morgan fingerprint density at radius 3 is 2.55 bits per heavy atom. The zero-order valence-electron chi connectivity index (χ0n) is 14.6. The maximum atomic E-state index is 12.8. The second kappa shape index (κ2) is 9.26. The summed E-state index contributed by atoms with van der Waals surface area (Å²) in [4.78, 5) is 37.0. The molecule has 0 unspecified atom stereocenters. The number of aliphatic carboxylic acids is 1. The first-order valence-corrected chi connectivity index (χ1v) is 10.8. The summed E-state index contributed by atoms with van der Waals surface area (Å²) in [6.45, 7) is -0.404. The number of nitrogens with zero attached hydrogens (tertiary/aromatic N) is 1. The summed E-state index contributed by atoms with van der Waals surface area (Å²) in [5, 5.41) is 11.5. The Labute approximate surface area is 196 Å². The predicted molar refractivity (Wildman–Crippen MR) is 121 cm³/mol. The monoisotopic (exact) mass is 634 g/mol. The van der Waals surface area contributed by atoms with Crippen LogP contribution in [0.1, 0.15) is 11.1 Å². The van der Waals surface area contributed by atoms with Gasteiger partial charge < -0.3 is 15.2 Å². The molecule has 1 fully saturated rings. The zero-order valence-corrected chi connectivity index (χ0v) is 19.9. The lowest BCUT2D eigenvalue weighted by molar-refractivity contribution is -0.139. The molecule has 10 heteroatoms. The molecular formula is C19H13Br2IN2O5. The molecule has 150 valence electrons. The highest BCUT2D eigenvalue weighted by molar-refractivity contribution is 14.1. The van der Waals surface area contributed by atoms with E-state index >= 15 is 0 Å². The Morgan fingerprint density at radius 1 is 1.21 bits per heavy atom. The number of carboxylic acid groups (broad SMARTS) is 1. The van der Waals surface area contributed by atoms with Gasteiger partial charge in [0.1, 0.15) is 11.4 Å². The van der Waals surface area contributed by atoms with Crippen molar-refractivity contribution >= 4 is 78.4 Å². The normalized spacial score (nSPS) is 15.0. The number of carbonyl (C=O) groups excluding carboxylic acids is 2. The van der Waals surface area contributed by atoms with Gasteiger partial charge in [-0.2, -0.15) is 0 Å². The van der Waals surface area contributed by atoms with Crippen molar-refractivity contribution in [2.45, 2.75) is 6.54 Å². The van der Waals surface area contributed by atoms with Crippen LogP contribution in [0.5, 0.6) is 5.75 Å². The van der Waals surface area contributed by atoms with Crippen molar-refractivity contribution in [2.24, 2.45) is 0 Å². The summed E-state index contributed by atoms with van der Waals surface area (Å²) in [5.74, 6) is -1.33. The zero-order chi connectivity index (χ0) is 21.1. The first kappa shape index (κ1) is 21.8. The minimum absolute atomic E-state index is 0.0844. The SMILES string of the molecule is O=C(O)COc1c(Br)cc(I)cc1/C=C1/NC(=O)N(Cc2ccc(Br)cc2)C1=O. The largest absolute Gasteiger partial charge is 0.480 e. The van der Waals surface area contributed by atoms with Gasteiger partial charge in [0.25, 0.3) is 5.91 Å². The average molecular weight is 636 g/mol. The number of halogens is 3. The smallest absolute Gasteiger partial charge is 0.341 e. The third-order valence-corrected chi connectivity index (χ3v) is 5.63. The van der Waals surface area contributed by atoms with E-state index in [0.29, 0.717) is 10.0 Å². The van der Waals surface area contributed by atoms with E-state index in [9.17, 15) is 14.4 Å². The number of carboxylic acids is 1. The van der Waals surface area contributed by atoms with E-state index in [1.807, 2.05) is 24.3 Å². The van der Waals surface area contributed by atoms with Crippen LogP contribution >= 0.6 is 54.5 Å². The van der Waals surface area contributed by atoms with Gasteiger partial charge in [0.2, 0.25) is 0 Å². The summed E-state index contributed by atoms with van der Waals surface area (Å²) >= 11 is 8.78. The summed E-state index contributed by atoms with van der Waals surface area (Å²) < 4.78 is 7.64. The molecule has 1 saturated heterocycles. The number of nitrogens with one attached hydrogen (secondary N) is 1. The van der Waals surface area contributed by atoms with Crippen molar-refractivity contribution < 1.29 is 24.2 Å². The van der Waals surface area contributed by atoms with Gasteiger partial charge in [0.15, 0.2) is 6.61 Å². The molecular weight excluding hydrogens is 623 g/mol. The van der Waals surface area contributed by atoms with Crippen LogP contribution in [0, 0.1) is 3.57 Å². The molecule has 2 aromatic carbocycles. The van der Waals surface area contributed by atoms with E-state index in [4.69, 9.17) is 9.84 Å². The first-order chi connectivity index (χ1) is 13.7. The molecule has 2 aromatic rings. The summed E-state index contributed by atoms with van der Waals surface area (Å²) in [7, 11) is 0. The lowest BCUT2D eigenvalue weighted by atomic mass is 10.1. The van der Waals surface area contributed by atoms with Crippen LogP contribution in [0.4, 0.5) is 4.79 Å². The molecule has 2 N–H and O–H groups in total. The fourth-order valence-corrected chi connectivity index (χ4v) is 4.55. The van der Waals surface area contributed by atoms with Gasteiger partial charge >= 0.3 is 12.0 Å². The standard InChI is InChI=1S/C19H13Br2IN2O5/c20-12-3-1-10(2-4-12)8-24-18(27)15(23-19(24)28)6-11-5-13(22)7-14(21)17(11)29-9-16(25)26/h1-7H,8-9H2,(H,23,28)(H,25,26)/b15-6+. The Morgan fingerprint density at radius 2 is 1.90 bits per heavy atom. The number of ether oxygens (including phenoxy) is 1. The third-order valence-electron chi connectivity index (χ3n) is 3.89. The van der Waals surface area contributed by atoms with Crippen molar-refractivity contribution in [1.29, 1.82) is 0 Å². The molecule has 0 aromatic heterocycles. The van der Waals surface area contributed by atoms with Gasteiger partial charge in [-0.3, -0.25) is 9.69 Å². The molecule has 1 aliphatic heterocycles. The minimum atomic E-state index is -1.13. The number of amides is 3. The van der Waals surface area contributed by atoms with Crippen molar-refractivity contribution in [2.75, 3.05) is 6.61 Å². The lowest BCUT2D eigenvalue weighted by Crippen LogP contribution is -2.30. The van der Waals surface area contributed by atoms with Gasteiger partial charge in [-0.1, -0.05) is 28.1 Å². The topological polar surface area (TPSA) is 95.9 Å². The average Bonchev–Trinajstić information content (AvgIpc) is 2.90. The highest BCUT2D eigenvalue weighted by Gasteiger charge is 2.33. The molecule has 1 heterocycles. The number of carbonyl (C=O) groups is 3. The number of hydrogen-bond donors (Lipinski definition) is 2. The van der Waals surface area contributed by atoms with E-state index in [1.165, 1.54) is 6.08 Å². The highest BCUT2D eigenvalue weighted by atomic mass is 127. The molecule has 1 aliphatic rings. The van der Waals surface area contributed by atoms with Crippen molar-refractivity contribution in [3.8, 4) is 5.75 Å². The third kappa shape index (κ3) is 5.37. The maximum absolute atomic E-state index is 12.8. The summed E-state index contributed by atoms with van der Waals surface area (Å²) in [6, 6.07) is 10.3. The molecule has 0 radical (unpaired) electrons. The van der Waals surface area contributed by atoms with Gasteiger partial charge in [-0.15, -0.1) is 0 Å². The number of imide groups is 1. The fraction of sp³-hybridized carbons (Fsp3) is 0.105.